The van der Waals surface area contributed by atoms with Crippen LogP contribution in [-0.2, 0) is 17.6 Å². The molecule has 1 N–H and O–H groups in total. The van der Waals surface area contributed by atoms with Crippen molar-refractivity contribution in [2.75, 3.05) is 13.6 Å². The van der Waals surface area contributed by atoms with Crippen LogP contribution in [0.1, 0.15) is 44.7 Å². The summed E-state index contributed by atoms with van der Waals surface area (Å²) in [5, 5.41) is 3.06. The topological polar surface area (TPSA) is 32.3 Å². The first-order valence-corrected chi connectivity index (χ1v) is 8.52. The standard InChI is InChI=1S/C19H30N2O/c1-14(2)11-16-5-7-17(8-6-16)12-19(22)20-13-15(3)21(4)18-9-10-18/h5-8,14-15,18H,9-13H2,1-4H3,(H,20,22). The summed E-state index contributed by atoms with van der Waals surface area (Å²) in [6.45, 7) is 7.36. The summed E-state index contributed by atoms with van der Waals surface area (Å²) in [7, 11) is 2.15. The molecule has 0 spiro atoms. The Hall–Kier alpha value is -1.35. The van der Waals surface area contributed by atoms with Crippen LogP contribution in [0.5, 0.6) is 0 Å². The van der Waals surface area contributed by atoms with Gasteiger partial charge in [0.2, 0.25) is 5.91 Å². The van der Waals surface area contributed by atoms with E-state index in [9.17, 15) is 4.79 Å². The molecule has 22 heavy (non-hydrogen) atoms. The Morgan fingerprint density at radius 2 is 1.77 bits per heavy atom. The second-order valence-corrected chi connectivity index (χ2v) is 7.14. The minimum Gasteiger partial charge on any atom is -0.354 e. The number of likely N-dealkylation sites (N-methyl/N-ethyl adjacent to an activating group) is 1. The Kier molecular flexibility index (Phi) is 6.01. The van der Waals surface area contributed by atoms with Crippen molar-refractivity contribution >= 4 is 5.91 Å². The molecule has 0 radical (unpaired) electrons. The van der Waals surface area contributed by atoms with Gasteiger partial charge in [-0.25, -0.2) is 0 Å². The van der Waals surface area contributed by atoms with Crippen molar-refractivity contribution in [3.63, 3.8) is 0 Å². The maximum atomic E-state index is 12.1. The molecule has 1 aromatic rings. The summed E-state index contributed by atoms with van der Waals surface area (Å²) >= 11 is 0. The number of rotatable bonds is 8. The van der Waals surface area contributed by atoms with Gasteiger partial charge in [-0.2, -0.15) is 0 Å². The Bertz CT molecular complexity index is 477. The van der Waals surface area contributed by atoms with Crippen LogP contribution in [0.3, 0.4) is 0 Å². The van der Waals surface area contributed by atoms with Gasteiger partial charge in [-0.3, -0.25) is 9.69 Å². The third-order valence-electron chi connectivity index (χ3n) is 4.44. The molecule has 1 amide bonds. The number of hydrogen-bond acceptors (Lipinski definition) is 2. The van der Waals surface area contributed by atoms with E-state index in [2.05, 4.69) is 62.3 Å². The van der Waals surface area contributed by atoms with E-state index >= 15 is 0 Å². The highest BCUT2D eigenvalue weighted by Crippen LogP contribution is 2.26. The Balaban J connectivity index is 1.74. The number of hydrogen-bond donors (Lipinski definition) is 1. The van der Waals surface area contributed by atoms with E-state index < -0.39 is 0 Å². The Morgan fingerprint density at radius 1 is 1.18 bits per heavy atom. The molecule has 1 aliphatic carbocycles. The minimum absolute atomic E-state index is 0.118. The molecule has 1 atom stereocenters. The highest BCUT2D eigenvalue weighted by Gasteiger charge is 2.29. The molecule has 1 unspecified atom stereocenters. The van der Waals surface area contributed by atoms with Crippen LogP contribution in [0, 0.1) is 5.92 Å². The maximum Gasteiger partial charge on any atom is 0.224 e. The van der Waals surface area contributed by atoms with Gasteiger partial charge in [0.1, 0.15) is 0 Å². The lowest BCUT2D eigenvalue weighted by Crippen LogP contribution is -2.41. The van der Waals surface area contributed by atoms with Crippen LogP contribution in [0.15, 0.2) is 24.3 Å². The van der Waals surface area contributed by atoms with Crippen LogP contribution in [0.2, 0.25) is 0 Å². The number of carbonyl (C=O) groups is 1. The normalized spacial score (nSPS) is 16.1. The molecule has 0 aromatic heterocycles. The van der Waals surface area contributed by atoms with Gasteiger partial charge in [0.25, 0.3) is 0 Å². The molecule has 1 aliphatic rings. The first-order valence-electron chi connectivity index (χ1n) is 8.52. The second-order valence-electron chi connectivity index (χ2n) is 7.14. The van der Waals surface area contributed by atoms with Crippen molar-refractivity contribution in [1.29, 1.82) is 0 Å². The average Bonchev–Trinajstić information content (AvgIpc) is 3.30. The third-order valence-corrected chi connectivity index (χ3v) is 4.44. The van der Waals surface area contributed by atoms with E-state index in [0.29, 0.717) is 18.4 Å². The fourth-order valence-electron chi connectivity index (χ4n) is 2.76. The molecule has 0 saturated heterocycles. The summed E-state index contributed by atoms with van der Waals surface area (Å²) in [5.41, 5.74) is 2.44. The summed E-state index contributed by atoms with van der Waals surface area (Å²) in [6.07, 6.45) is 4.17. The molecule has 3 nitrogen and oxygen atoms in total. The zero-order valence-corrected chi connectivity index (χ0v) is 14.4. The fraction of sp³-hybridized carbons (Fsp3) is 0.632. The molecule has 1 aromatic carbocycles. The van der Waals surface area contributed by atoms with Crippen LogP contribution < -0.4 is 5.32 Å². The van der Waals surface area contributed by atoms with Crippen molar-refractivity contribution in [3.05, 3.63) is 35.4 Å². The van der Waals surface area contributed by atoms with Gasteiger partial charge in [0.05, 0.1) is 6.42 Å². The molecule has 0 aliphatic heterocycles. The van der Waals surface area contributed by atoms with E-state index in [4.69, 9.17) is 0 Å². The zero-order valence-electron chi connectivity index (χ0n) is 14.4. The number of carbonyl (C=O) groups excluding carboxylic acids is 1. The van der Waals surface area contributed by atoms with Crippen molar-refractivity contribution in [1.82, 2.24) is 10.2 Å². The fourth-order valence-corrected chi connectivity index (χ4v) is 2.76. The molecular weight excluding hydrogens is 272 g/mol. The van der Waals surface area contributed by atoms with Gasteiger partial charge in [-0.1, -0.05) is 38.1 Å². The molecule has 0 heterocycles. The van der Waals surface area contributed by atoms with Crippen LogP contribution in [-0.4, -0.2) is 36.5 Å². The minimum atomic E-state index is 0.118. The number of amides is 1. The monoisotopic (exact) mass is 302 g/mol. The number of benzene rings is 1. The summed E-state index contributed by atoms with van der Waals surface area (Å²) in [6, 6.07) is 9.59. The SMILES string of the molecule is CC(C)Cc1ccc(CC(=O)NCC(C)N(C)C2CC2)cc1. The van der Waals surface area contributed by atoms with Crippen molar-refractivity contribution in [3.8, 4) is 0 Å². The van der Waals surface area contributed by atoms with Gasteiger partial charge >= 0.3 is 0 Å². The van der Waals surface area contributed by atoms with E-state index in [1.165, 1.54) is 18.4 Å². The average molecular weight is 302 g/mol. The Labute approximate surface area is 135 Å². The van der Waals surface area contributed by atoms with Crippen molar-refractivity contribution in [2.24, 2.45) is 5.92 Å². The quantitative estimate of drug-likeness (QED) is 0.800. The van der Waals surface area contributed by atoms with Gasteiger partial charge in [-0.15, -0.1) is 0 Å². The predicted octanol–water partition coefficient (Wildman–Crippen LogP) is 3.03. The van der Waals surface area contributed by atoms with Crippen LogP contribution in [0.4, 0.5) is 0 Å². The van der Waals surface area contributed by atoms with Crippen LogP contribution in [0.25, 0.3) is 0 Å². The van der Waals surface area contributed by atoms with E-state index in [1.54, 1.807) is 0 Å². The molecule has 1 fully saturated rings. The third kappa shape index (κ3) is 5.45. The lowest BCUT2D eigenvalue weighted by atomic mass is 10.0. The summed E-state index contributed by atoms with van der Waals surface area (Å²) in [4.78, 5) is 14.4. The largest absolute Gasteiger partial charge is 0.354 e. The van der Waals surface area contributed by atoms with Gasteiger partial charge in [-0.05, 0) is 50.3 Å². The van der Waals surface area contributed by atoms with Crippen molar-refractivity contribution < 1.29 is 4.79 Å². The predicted molar refractivity (Wildman–Crippen MR) is 91.9 cm³/mol. The van der Waals surface area contributed by atoms with Gasteiger partial charge in [0, 0.05) is 18.6 Å². The highest BCUT2D eigenvalue weighted by atomic mass is 16.1. The lowest BCUT2D eigenvalue weighted by molar-refractivity contribution is -0.120. The molecule has 0 bridgehead atoms. The molecule has 122 valence electrons. The lowest BCUT2D eigenvalue weighted by Gasteiger charge is -2.24. The smallest absolute Gasteiger partial charge is 0.224 e. The Morgan fingerprint density at radius 3 is 2.32 bits per heavy atom. The zero-order chi connectivity index (χ0) is 16.1. The van der Waals surface area contributed by atoms with E-state index in [1.807, 2.05) is 0 Å². The van der Waals surface area contributed by atoms with Crippen LogP contribution >= 0.6 is 0 Å². The maximum absolute atomic E-state index is 12.1. The van der Waals surface area contributed by atoms with Gasteiger partial charge < -0.3 is 5.32 Å². The molecule has 2 rings (SSSR count). The molecule has 1 saturated carbocycles. The van der Waals surface area contributed by atoms with E-state index in [-0.39, 0.29) is 5.91 Å². The number of nitrogens with zero attached hydrogens (tertiary/aromatic N) is 1. The first kappa shape index (κ1) is 17.0. The van der Waals surface area contributed by atoms with Gasteiger partial charge in [0.15, 0.2) is 0 Å². The summed E-state index contributed by atoms with van der Waals surface area (Å²) < 4.78 is 0. The van der Waals surface area contributed by atoms with Crippen molar-refractivity contribution in [2.45, 2.75) is 58.5 Å². The van der Waals surface area contributed by atoms with E-state index in [0.717, 1.165) is 24.6 Å². The molecule has 3 heteroatoms. The molecular formula is C19H30N2O. The summed E-state index contributed by atoms with van der Waals surface area (Å²) in [5.74, 6) is 0.784. The number of nitrogens with one attached hydrogen (secondary N) is 1. The second kappa shape index (κ2) is 7.77. The first-order chi connectivity index (χ1) is 10.5. The highest BCUT2D eigenvalue weighted by molar-refractivity contribution is 5.78.